The molecule has 4 heterocycles. The summed E-state index contributed by atoms with van der Waals surface area (Å²) in [5.74, 6) is -0.554. The summed E-state index contributed by atoms with van der Waals surface area (Å²) in [6, 6.07) is 17.1. The van der Waals surface area contributed by atoms with Gasteiger partial charge in [-0.05, 0) is 61.9 Å². The van der Waals surface area contributed by atoms with Gasteiger partial charge in [-0.3, -0.25) is 18.9 Å². The predicted octanol–water partition coefficient (Wildman–Crippen LogP) is 5.29. The number of Topliss-reactive ketones (excluding diaryl/α,β-unsaturated/α-hetero) is 1. The lowest BCUT2D eigenvalue weighted by Crippen LogP contribution is -2.29. The van der Waals surface area contributed by atoms with Crippen molar-refractivity contribution in [2.75, 3.05) is 18.6 Å². The van der Waals surface area contributed by atoms with E-state index in [1.807, 2.05) is 37.3 Å². The fourth-order valence-corrected chi connectivity index (χ4v) is 5.93. The van der Waals surface area contributed by atoms with E-state index >= 15 is 0 Å². The average molecular weight is 541 g/mol. The van der Waals surface area contributed by atoms with E-state index in [1.54, 1.807) is 55.0 Å². The number of methoxy groups -OCH3 is 1. The first-order valence-electron chi connectivity index (χ1n) is 12.3. The minimum absolute atomic E-state index is 0.0341. The van der Waals surface area contributed by atoms with Gasteiger partial charge >= 0.3 is 5.91 Å². The van der Waals surface area contributed by atoms with E-state index in [0.717, 1.165) is 4.70 Å². The van der Waals surface area contributed by atoms with Crippen molar-refractivity contribution in [3.05, 3.63) is 89.4 Å². The molecule has 9 nitrogen and oxygen atoms in total. The molecule has 2 aromatic carbocycles. The third-order valence-electron chi connectivity index (χ3n) is 6.67. The Balaban J connectivity index is 1.57. The van der Waals surface area contributed by atoms with Gasteiger partial charge in [-0.1, -0.05) is 29.5 Å². The molecule has 1 atom stereocenters. The molecule has 5 aromatic rings. The van der Waals surface area contributed by atoms with Crippen LogP contribution in [0.15, 0.2) is 72.4 Å². The molecular formula is C29H24N4O5S. The Hall–Kier alpha value is -4.70. The molecule has 0 bridgehead atoms. The molecule has 0 radical (unpaired) electrons. The molecular weight excluding hydrogens is 516 g/mol. The molecule has 1 N–H and O–H groups in total. The Morgan fingerprint density at radius 2 is 1.82 bits per heavy atom. The van der Waals surface area contributed by atoms with Crippen molar-refractivity contribution in [2.24, 2.45) is 0 Å². The zero-order chi connectivity index (χ0) is 27.3. The number of ether oxygens (including phenoxy) is 2. The summed E-state index contributed by atoms with van der Waals surface area (Å²) in [5, 5.41) is 12.0. The quantitative estimate of drug-likeness (QED) is 0.177. The number of hydrogen-bond acceptors (Lipinski definition) is 8. The van der Waals surface area contributed by atoms with E-state index in [0.29, 0.717) is 51.4 Å². The second kappa shape index (κ2) is 9.55. The molecule has 39 heavy (non-hydrogen) atoms. The smallest absolute Gasteiger partial charge is 0.301 e. The van der Waals surface area contributed by atoms with Crippen molar-refractivity contribution >= 4 is 49.8 Å². The number of rotatable bonds is 6. The second-order valence-corrected chi connectivity index (χ2v) is 9.98. The monoisotopic (exact) mass is 540 g/mol. The van der Waals surface area contributed by atoms with E-state index in [9.17, 15) is 14.7 Å². The van der Waals surface area contributed by atoms with Gasteiger partial charge in [0.2, 0.25) is 0 Å². The van der Waals surface area contributed by atoms with Crippen LogP contribution in [-0.4, -0.2) is 44.9 Å². The summed E-state index contributed by atoms with van der Waals surface area (Å²) in [4.78, 5) is 37.8. The number of benzene rings is 2. The Bertz CT molecular complexity index is 1790. The van der Waals surface area contributed by atoms with Crippen LogP contribution in [-0.2, 0) is 9.59 Å². The number of imidazole rings is 1. The van der Waals surface area contributed by atoms with Crippen LogP contribution in [0.1, 0.15) is 29.9 Å². The van der Waals surface area contributed by atoms with Crippen molar-refractivity contribution in [1.29, 1.82) is 0 Å². The van der Waals surface area contributed by atoms with Crippen LogP contribution in [0.5, 0.6) is 11.5 Å². The number of amides is 1. The molecule has 1 saturated heterocycles. The van der Waals surface area contributed by atoms with Crippen LogP contribution in [0, 0.1) is 6.92 Å². The van der Waals surface area contributed by atoms with Gasteiger partial charge in [0.25, 0.3) is 5.78 Å². The summed E-state index contributed by atoms with van der Waals surface area (Å²) < 4.78 is 13.4. The largest absolute Gasteiger partial charge is 0.505 e. The number of thiazole rings is 1. The van der Waals surface area contributed by atoms with E-state index in [2.05, 4.69) is 9.97 Å². The van der Waals surface area contributed by atoms with Crippen molar-refractivity contribution < 1.29 is 24.2 Å². The van der Waals surface area contributed by atoms with Crippen molar-refractivity contribution in [3.8, 4) is 11.5 Å². The van der Waals surface area contributed by atoms with Gasteiger partial charge in [-0.25, -0.2) is 9.97 Å². The van der Waals surface area contributed by atoms with Crippen molar-refractivity contribution in [3.63, 3.8) is 0 Å². The van der Waals surface area contributed by atoms with Crippen LogP contribution in [0.25, 0.3) is 21.6 Å². The highest BCUT2D eigenvalue weighted by atomic mass is 32.1. The zero-order valence-electron chi connectivity index (χ0n) is 21.4. The Kier molecular flexibility index (Phi) is 6.03. The topological polar surface area (TPSA) is 106 Å². The normalized spacial score (nSPS) is 16.9. The van der Waals surface area contributed by atoms with Gasteiger partial charge in [0, 0.05) is 6.20 Å². The van der Waals surface area contributed by atoms with Crippen molar-refractivity contribution in [1.82, 2.24) is 14.4 Å². The first-order valence-corrected chi connectivity index (χ1v) is 13.1. The molecule has 196 valence electrons. The SMILES string of the molecule is CCOc1ccc2nc(N3C(=O)C(=O)C(=C(O)c4c(C)nc5ccccn45)C3c3ccc(OC)cc3)sc2c1. The highest BCUT2D eigenvalue weighted by Gasteiger charge is 2.48. The molecule has 1 aliphatic rings. The number of carbonyl (C=O) groups excluding carboxylic acids is 2. The lowest BCUT2D eigenvalue weighted by molar-refractivity contribution is -0.132. The lowest BCUT2D eigenvalue weighted by atomic mass is 9.96. The molecule has 1 amide bonds. The Morgan fingerprint density at radius 1 is 1.05 bits per heavy atom. The Morgan fingerprint density at radius 3 is 2.56 bits per heavy atom. The highest BCUT2D eigenvalue weighted by molar-refractivity contribution is 7.22. The number of aliphatic hydroxyl groups excluding tert-OH is 1. The van der Waals surface area contributed by atoms with Gasteiger partial charge in [0.1, 0.15) is 22.8 Å². The van der Waals surface area contributed by atoms with E-state index < -0.39 is 17.7 Å². The number of fused-ring (bicyclic) bond motifs is 2. The summed E-state index contributed by atoms with van der Waals surface area (Å²) >= 11 is 1.28. The summed E-state index contributed by atoms with van der Waals surface area (Å²) in [7, 11) is 1.56. The highest BCUT2D eigenvalue weighted by Crippen LogP contribution is 2.45. The molecule has 10 heteroatoms. The summed E-state index contributed by atoms with van der Waals surface area (Å²) in [5.41, 5.74) is 2.76. The summed E-state index contributed by atoms with van der Waals surface area (Å²) in [6.07, 6.45) is 1.76. The third kappa shape index (κ3) is 4.00. The zero-order valence-corrected chi connectivity index (χ0v) is 22.2. The average Bonchev–Trinajstić information content (AvgIpc) is 3.59. The minimum Gasteiger partial charge on any atom is -0.505 e. The van der Waals surface area contributed by atoms with Crippen LogP contribution < -0.4 is 14.4 Å². The molecule has 6 rings (SSSR count). The van der Waals surface area contributed by atoms with Crippen molar-refractivity contribution in [2.45, 2.75) is 19.9 Å². The third-order valence-corrected chi connectivity index (χ3v) is 7.69. The number of carbonyl (C=O) groups is 2. The molecule has 1 aliphatic heterocycles. The molecule has 0 saturated carbocycles. The predicted molar refractivity (Wildman–Crippen MR) is 148 cm³/mol. The van der Waals surface area contributed by atoms with Gasteiger partial charge in [-0.15, -0.1) is 0 Å². The van der Waals surface area contributed by atoms with Gasteiger partial charge < -0.3 is 14.6 Å². The molecule has 3 aromatic heterocycles. The second-order valence-electron chi connectivity index (χ2n) is 8.98. The summed E-state index contributed by atoms with van der Waals surface area (Å²) in [6.45, 7) is 4.18. The number of anilines is 1. The maximum absolute atomic E-state index is 13.6. The fourth-order valence-electron chi connectivity index (χ4n) is 4.91. The molecule has 0 aliphatic carbocycles. The number of aryl methyl sites for hydroxylation is 1. The van der Waals surface area contributed by atoms with Crippen LogP contribution in [0.4, 0.5) is 5.13 Å². The number of hydrogen-bond donors (Lipinski definition) is 1. The van der Waals surface area contributed by atoms with E-state index in [4.69, 9.17) is 9.47 Å². The van der Waals surface area contributed by atoms with Crippen LogP contribution >= 0.6 is 11.3 Å². The number of nitrogens with zero attached hydrogens (tertiary/aromatic N) is 4. The van der Waals surface area contributed by atoms with Gasteiger partial charge in [-0.2, -0.15) is 0 Å². The van der Waals surface area contributed by atoms with Gasteiger partial charge in [0.15, 0.2) is 10.9 Å². The minimum atomic E-state index is -0.920. The lowest BCUT2D eigenvalue weighted by Gasteiger charge is -2.23. The van der Waals surface area contributed by atoms with Crippen LogP contribution in [0.2, 0.25) is 0 Å². The number of ketones is 1. The Labute approximate surface area is 227 Å². The number of aliphatic hydroxyl groups is 1. The fraction of sp³-hybridized carbons (Fsp3) is 0.172. The molecule has 1 unspecified atom stereocenters. The van der Waals surface area contributed by atoms with Gasteiger partial charge in [0.05, 0.1) is 41.2 Å². The number of pyridine rings is 1. The maximum atomic E-state index is 13.6. The van der Waals surface area contributed by atoms with E-state index in [1.165, 1.54) is 16.2 Å². The standard InChI is InChI=1S/C29H24N4O5S/c1-4-38-19-12-13-20-21(15-19)39-29(31-20)33-25(17-8-10-18(37-3)11-9-17)23(27(35)28(33)36)26(34)24-16(2)30-22-7-5-6-14-32(22)24/h5-15,25,34H,4H2,1-3H3. The van der Waals surface area contributed by atoms with E-state index in [-0.39, 0.29) is 11.3 Å². The number of aromatic nitrogens is 3. The van der Waals surface area contributed by atoms with Crippen LogP contribution in [0.3, 0.4) is 0 Å². The molecule has 1 fully saturated rings. The first kappa shape index (κ1) is 24.6. The first-order chi connectivity index (χ1) is 18.9. The maximum Gasteiger partial charge on any atom is 0.301 e. The molecule has 0 spiro atoms.